The quantitative estimate of drug-likeness (QED) is 0.118. The Morgan fingerprint density at radius 2 is 1.63 bits per heavy atom. The number of Topliss-reactive ketones (excluding diaryl/α,β-unsaturated/α-hetero) is 1. The Hall–Kier alpha value is -4.82. The number of ether oxygens (including phenoxy) is 4. The van der Waals surface area contributed by atoms with Crippen molar-refractivity contribution in [2.24, 2.45) is 0 Å². The first-order chi connectivity index (χ1) is 20.5. The summed E-state index contributed by atoms with van der Waals surface area (Å²) in [5.74, 6) is -2.63. The highest BCUT2D eigenvalue weighted by molar-refractivity contribution is 6.02. The van der Waals surface area contributed by atoms with Crippen molar-refractivity contribution in [1.82, 2.24) is 0 Å². The molecule has 3 aromatic carbocycles. The molecule has 2 heterocycles. The number of ketones is 1. The maximum atomic E-state index is 12.8. The molecule has 2 aliphatic rings. The third-order valence-corrected chi connectivity index (χ3v) is 6.96. The molecule has 43 heavy (non-hydrogen) atoms. The largest absolute Gasteiger partial charge is 0.508 e. The molecule has 3 aromatic rings. The van der Waals surface area contributed by atoms with Crippen molar-refractivity contribution in [2.45, 2.75) is 43.2 Å². The van der Waals surface area contributed by atoms with E-state index in [-0.39, 0.29) is 35.0 Å². The number of hydrogen-bond donors (Lipinski definition) is 7. The van der Waals surface area contributed by atoms with Crippen LogP contribution in [-0.4, -0.2) is 84.8 Å². The van der Waals surface area contributed by atoms with Gasteiger partial charge in [-0.2, -0.15) is 0 Å². The maximum Gasteiger partial charge on any atom is 0.330 e. The Balaban J connectivity index is 1.27. The number of carbonyl (C=O) groups is 2. The van der Waals surface area contributed by atoms with Gasteiger partial charge < -0.3 is 54.7 Å². The second-order valence-electron chi connectivity index (χ2n) is 9.98. The number of fused-ring (bicyclic) bond motifs is 1. The van der Waals surface area contributed by atoms with E-state index in [1.807, 2.05) is 0 Å². The standard InChI is InChI=1S/C30H28O13/c31-16-5-1-14(2-6-16)3-8-25(36)40-13-24-27(37)28(38)29(39)30(43-24)41-17-10-20(34)26-21(35)12-22(42-23(26)11-17)15-4-7-18(32)19(33)9-15/h1-11,22,24,27-34,37-39H,12-13H2/b8-3-/t22-,24-,27+,28-,29+,30+/m0/s1. The van der Waals surface area contributed by atoms with Crippen LogP contribution in [0.15, 0.2) is 60.7 Å². The van der Waals surface area contributed by atoms with Crippen LogP contribution in [0.5, 0.6) is 34.5 Å². The molecule has 2 aliphatic heterocycles. The van der Waals surface area contributed by atoms with E-state index >= 15 is 0 Å². The summed E-state index contributed by atoms with van der Waals surface area (Å²) in [4.78, 5) is 25.0. The summed E-state index contributed by atoms with van der Waals surface area (Å²) < 4.78 is 22.2. The molecular formula is C30H28O13. The number of hydrogen-bond acceptors (Lipinski definition) is 13. The SMILES string of the molecule is O=C(/C=C\c1ccc(O)cc1)OC[C@@H]1O[C@@H](Oc2cc(O)c3c(c2)O[C@H](c2ccc(O)c(O)c2)CC3=O)[C@H](O)[C@@H](O)[C@@H]1O. The van der Waals surface area contributed by atoms with E-state index in [0.29, 0.717) is 11.1 Å². The molecular weight excluding hydrogens is 568 g/mol. The molecule has 0 amide bonds. The molecule has 6 atom stereocenters. The molecule has 0 saturated carbocycles. The van der Waals surface area contributed by atoms with Gasteiger partial charge in [0.2, 0.25) is 6.29 Å². The fourth-order valence-corrected chi connectivity index (χ4v) is 4.66. The Kier molecular flexibility index (Phi) is 8.41. The first kappa shape index (κ1) is 29.7. The van der Waals surface area contributed by atoms with Crippen LogP contribution in [-0.2, 0) is 14.3 Å². The molecule has 1 fully saturated rings. The van der Waals surface area contributed by atoms with E-state index < -0.39 is 66.7 Å². The van der Waals surface area contributed by atoms with Crippen LogP contribution >= 0.6 is 0 Å². The van der Waals surface area contributed by atoms with Crippen LogP contribution in [0.3, 0.4) is 0 Å². The molecule has 226 valence electrons. The molecule has 0 bridgehead atoms. The third kappa shape index (κ3) is 6.49. The summed E-state index contributed by atoms with van der Waals surface area (Å²) in [6.07, 6.45) is -6.55. The average Bonchev–Trinajstić information content (AvgIpc) is 2.97. The summed E-state index contributed by atoms with van der Waals surface area (Å²) in [6.45, 7) is -0.516. The second kappa shape index (κ2) is 12.2. The Morgan fingerprint density at radius 3 is 2.35 bits per heavy atom. The number of carbonyl (C=O) groups excluding carboxylic acids is 2. The van der Waals surface area contributed by atoms with Crippen LogP contribution in [0.1, 0.15) is 34.0 Å². The van der Waals surface area contributed by atoms with Crippen LogP contribution in [0.4, 0.5) is 0 Å². The van der Waals surface area contributed by atoms with Gasteiger partial charge in [-0.25, -0.2) is 4.79 Å². The van der Waals surface area contributed by atoms with Gasteiger partial charge in [-0.1, -0.05) is 18.2 Å². The lowest BCUT2D eigenvalue weighted by Crippen LogP contribution is -2.60. The van der Waals surface area contributed by atoms with E-state index in [4.69, 9.17) is 18.9 Å². The van der Waals surface area contributed by atoms with Crippen molar-refractivity contribution in [3.05, 3.63) is 77.4 Å². The van der Waals surface area contributed by atoms with Gasteiger partial charge in [0.15, 0.2) is 17.3 Å². The lowest BCUT2D eigenvalue weighted by atomic mass is 9.95. The van der Waals surface area contributed by atoms with Crippen molar-refractivity contribution in [3.8, 4) is 34.5 Å². The Morgan fingerprint density at radius 1 is 0.884 bits per heavy atom. The molecule has 0 aromatic heterocycles. The van der Waals surface area contributed by atoms with Crippen LogP contribution in [0.2, 0.25) is 0 Å². The van der Waals surface area contributed by atoms with Crippen molar-refractivity contribution in [1.29, 1.82) is 0 Å². The van der Waals surface area contributed by atoms with Gasteiger partial charge in [-0.3, -0.25) is 4.79 Å². The molecule has 0 unspecified atom stereocenters. The minimum absolute atomic E-state index is 0.0618. The Labute approximate surface area is 244 Å². The summed E-state index contributed by atoms with van der Waals surface area (Å²) in [5.41, 5.74) is 0.887. The second-order valence-corrected chi connectivity index (χ2v) is 9.98. The predicted octanol–water partition coefficient (Wildman–Crippen LogP) is 1.66. The van der Waals surface area contributed by atoms with Crippen LogP contribution in [0.25, 0.3) is 6.08 Å². The van der Waals surface area contributed by atoms with Gasteiger partial charge >= 0.3 is 5.97 Å². The van der Waals surface area contributed by atoms with Gasteiger partial charge in [-0.05, 0) is 41.5 Å². The molecule has 0 spiro atoms. The third-order valence-electron chi connectivity index (χ3n) is 6.96. The number of aliphatic hydroxyl groups is 3. The number of esters is 1. The zero-order valence-electron chi connectivity index (χ0n) is 22.3. The molecule has 7 N–H and O–H groups in total. The van der Waals surface area contributed by atoms with Crippen LogP contribution in [0, 0.1) is 0 Å². The van der Waals surface area contributed by atoms with Gasteiger partial charge in [0.25, 0.3) is 0 Å². The molecule has 0 radical (unpaired) electrons. The summed E-state index contributed by atoms with van der Waals surface area (Å²) in [6, 6.07) is 12.3. The van der Waals surface area contributed by atoms with Crippen molar-refractivity contribution in [2.75, 3.05) is 6.61 Å². The smallest absolute Gasteiger partial charge is 0.330 e. The number of phenols is 4. The van der Waals surface area contributed by atoms with E-state index in [9.17, 15) is 45.3 Å². The Bertz CT molecular complexity index is 1530. The maximum absolute atomic E-state index is 12.8. The first-order valence-corrected chi connectivity index (χ1v) is 13.1. The summed E-state index contributed by atoms with van der Waals surface area (Å²) in [5, 5.41) is 70.6. The number of benzene rings is 3. The number of aromatic hydroxyl groups is 4. The van der Waals surface area contributed by atoms with Gasteiger partial charge in [-0.15, -0.1) is 0 Å². The normalized spacial score (nSPS) is 25.1. The van der Waals surface area contributed by atoms with E-state index in [1.165, 1.54) is 42.5 Å². The number of aliphatic hydroxyl groups excluding tert-OH is 3. The highest BCUT2D eigenvalue weighted by Crippen LogP contribution is 2.43. The van der Waals surface area contributed by atoms with Crippen molar-refractivity contribution in [3.63, 3.8) is 0 Å². The molecule has 0 aliphatic carbocycles. The average molecular weight is 597 g/mol. The van der Waals surface area contributed by atoms with Gasteiger partial charge in [0.05, 0.1) is 6.42 Å². The van der Waals surface area contributed by atoms with Crippen molar-refractivity contribution < 1.29 is 64.3 Å². The van der Waals surface area contributed by atoms with E-state index in [1.54, 1.807) is 12.1 Å². The molecule has 1 saturated heterocycles. The topological polar surface area (TPSA) is 213 Å². The zero-order valence-corrected chi connectivity index (χ0v) is 22.3. The lowest BCUT2D eigenvalue weighted by molar-refractivity contribution is -0.278. The lowest BCUT2D eigenvalue weighted by Gasteiger charge is -2.40. The van der Waals surface area contributed by atoms with Crippen LogP contribution < -0.4 is 9.47 Å². The monoisotopic (exact) mass is 596 g/mol. The molecule has 13 nitrogen and oxygen atoms in total. The predicted molar refractivity (Wildman–Crippen MR) is 146 cm³/mol. The fourth-order valence-electron chi connectivity index (χ4n) is 4.66. The highest BCUT2D eigenvalue weighted by atomic mass is 16.7. The summed E-state index contributed by atoms with van der Waals surface area (Å²) >= 11 is 0. The summed E-state index contributed by atoms with van der Waals surface area (Å²) in [7, 11) is 0. The number of phenolic OH excluding ortho intramolecular Hbond substituents is 4. The van der Waals surface area contributed by atoms with E-state index in [2.05, 4.69) is 0 Å². The fraction of sp³-hybridized carbons (Fsp3) is 0.267. The van der Waals surface area contributed by atoms with Crippen molar-refractivity contribution >= 4 is 17.8 Å². The first-order valence-electron chi connectivity index (χ1n) is 13.1. The van der Waals surface area contributed by atoms with E-state index in [0.717, 1.165) is 12.1 Å². The van der Waals surface area contributed by atoms with Gasteiger partial charge in [0, 0.05) is 18.2 Å². The number of rotatable bonds is 7. The molecule has 5 rings (SSSR count). The highest BCUT2D eigenvalue weighted by Gasteiger charge is 2.45. The zero-order chi connectivity index (χ0) is 30.8. The van der Waals surface area contributed by atoms with Gasteiger partial charge in [0.1, 0.15) is 65.7 Å². The minimum Gasteiger partial charge on any atom is -0.508 e. The molecule has 13 heteroatoms. The minimum atomic E-state index is -1.76.